The van der Waals surface area contributed by atoms with Gasteiger partial charge in [0.2, 0.25) is 0 Å². The highest BCUT2D eigenvalue weighted by atomic mass is 19.1. The molecular weight excluding hydrogens is 379 g/mol. The molecule has 0 N–H and O–H groups in total. The van der Waals surface area contributed by atoms with Gasteiger partial charge in [-0.15, -0.1) is 0 Å². The Morgan fingerprint density at radius 3 is 2.00 bits per heavy atom. The largest absolute Gasteiger partial charge is 0.497 e. The zero-order valence-corrected chi connectivity index (χ0v) is 16.6. The first kappa shape index (κ1) is 18.2. The molecule has 4 nitrogen and oxygen atoms in total. The Morgan fingerprint density at radius 1 is 0.733 bits per heavy atom. The third-order valence-electron chi connectivity index (χ3n) is 5.29. The van der Waals surface area contributed by atoms with Gasteiger partial charge in [0.1, 0.15) is 17.3 Å². The number of hydrogen-bond donors (Lipinski definition) is 0. The Morgan fingerprint density at radius 2 is 1.37 bits per heavy atom. The molecule has 0 amide bonds. The van der Waals surface area contributed by atoms with E-state index in [0.717, 1.165) is 50.3 Å². The van der Waals surface area contributed by atoms with Crippen molar-refractivity contribution >= 4 is 16.3 Å². The van der Waals surface area contributed by atoms with Gasteiger partial charge in [0.15, 0.2) is 0 Å². The number of hydrogen-bond acceptors (Lipinski definition) is 3. The molecule has 0 unspecified atom stereocenters. The lowest BCUT2D eigenvalue weighted by Gasteiger charge is -2.10. The van der Waals surface area contributed by atoms with Crippen LogP contribution in [0.1, 0.15) is 0 Å². The molecule has 3 aromatic carbocycles. The number of ether oxygens (including phenoxy) is 2. The van der Waals surface area contributed by atoms with Crippen LogP contribution in [0.25, 0.3) is 38.8 Å². The predicted molar refractivity (Wildman–Crippen MR) is 117 cm³/mol. The zero-order chi connectivity index (χ0) is 20.7. The van der Waals surface area contributed by atoms with E-state index in [1.54, 1.807) is 26.4 Å². The molecule has 5 aromatic rings. The van der Waals surface area contributed by atoms with Gasteiger partial charge in [0, 0.05) is 16.5 Å². The molecule has 30 heavy (non-hydrogen) atoms. The van der Waals surface area contributed by atoms with Crippen molar-refractivity contribution in [2.45, 2.75) is 0 Å². The van der Waals surface area contributed by atoms with E-state index in [1.807, 2.05) is 65.2 Å². The van der Waals surface area contributed by atoms with E-state index < -0.39 is 0 Å². The lowest BCUT2D eigenvalue weighted by Crippen LogP contribution is -1.96. The first-order valence-corrected chi connectivity index (χ1v) is 9.57. The quantitative estimate of drug-likeness (QED) is 0.374. The van der Waals surface area contributed by atoms with Gasteiger partial charge in [-0.3, -0.25) is 0 Å². The van der Waals surface area contributed by atoms with Gasteiger partial charge < -0.3 is 9.47 Å². The molecule has 0 fully saturated rings. The Hall–Kier alpha value is -3.86. The van der Waals surface area contributed by atoms with Crippen molar-refractivity contribution in [3.05, 3.63) is 84.7 Å². The number of pyridine rings is 1. The van der Waals surface area contributed by atoms with Crippen LogP contribution in [-0.2, 0) is 0 Å². The van der Waals surface area contributed by atoms with Gasteiger partial charge in [-0.25, -0.2) is 8.91 Å². The van der Waals surface area contributed by atoms with Crippen molar-refractivity contribution < 1.29 is 13.9 Å². The van der Waals surface area contributed by atoms with Gasteiger partial charge in [-0.1, -0.05) is 6.07 Å². The molecule has 0 aliphatic carbocycles. The molecule has 0 saturated carbocycles. The Bertz CT molecular complexity index is 1360. The summed E-state index contributed by atoms with van der Waals surface area (Å²) < 4.78 is 26.4. The second-order valence-electron chi connectivity index (χ2n) is 7.04. The molecule has 0 aliphatic rings. The zero-order valence-electron chi connectivity index (χ0n) is 16.6. The average molecular weight is 398 g/mol. The second-order valence-corrected chi connectivity index (χ2v) is 7.04. The number of aromatic nitrogens is 2. The molecular formula is C25H19FN2O2. The minimum absolute atomic E-state index is 0.270. The Kier molecular flexibility index (Phi) is 4.36. The van der Waals surface area contributed by atoms with Crippen LogP contribution in [0.15, 0.2) is 78.9 Å². The topological polar surface area (TPSA) is 35.8 Å². The highest BCUT2D eigenvalue weighted by Gasteiger charge is 2.14. The summed E-state index contributed by atoms with van der Waals surface area (Å²) >= 11 is 0. The number of methoxy groups -OCH3 is 2. The Balaban J connectivity index is 1.77. The maximum Gasteiger partial charge on any atom is 0.123 e. The minimum Gasteiger partial charge on any atom is -0.497 e. The third-order valence-corrected chi connectivity index (χ3v) is 5.29. The third kappa shape index (κ3) is 3.05. The second kappa shape index (κ2) is 7.19. The van der Waals surface area contributed by atoms with Crippen molar-refractivity contribution in [3.63, 3.8) is 0 Å². The molecule has 5 heteroatoms. The number of fused-ring (bicyclic) bond motifs is 3. The van der Waals surface area contributed by atoms with Gasteiger partial charge in [0.25, 0.3) is 0 Å². The van der Waals surface area contributed by atoms with E-state index in [1.165, 1.54) is 6.07 Å². The first-order chi connectivity index (χ1) is 14.7. The summed E-state index contributed by atoms with van der Waals surface area (Å²) in [6, 6.07) is 24.5. The molecule has 0 bridgehead atoms. The number of nitrogens with zero attached hydrogens (tertiary/aromatic N) is 2. The van der Waals surface area contributed by atoms with E-state index in [0.29, 0.717) is 0 Å². The summed E-state index contributed by atoms with van der Waals surface area (Å²) in [5.74, 6) is 1.31. The fourth-order valence-electron chi connectivity index (χ4n) is 3.71. The van der Waals surface area contributed by atoms with Crippen LogP contribution in [0, 0.1) is 5.82 Å². The summed E-state index contributed by atoms with van der Waals surface area (Å²) in [7, 11) is 3.29. The summed E-state index contributed by atoms with van der Waals surface area (Å²) in [4.78, 5) is 0. The smallest absolute Gasteiger partial charge is 0.123 e. The fourth-order valence-corrected chi connectivity index (χ4v) is 3.71. The molecule has 148 valence electrons. The van der Waals surface area contributed by atoms with Crippen molar-refractivity contribution in [1.82, 2.24) is 9.61 Å². The summed E-state index contributed by atoms with van der Waals surface area (Å²) in [6.45, 7) is 0. The molecule has 0 radical (unpaired) electrons. The monoisotopic (exact) mass is 398 g/mol. The van der Waals surface area contributed by atoms with Crippen molar-refractivity contribution in [2.24, 2.45) is 0 Å². The van der Waals surface area contributed by atoms with Crippen LogP contribution in [0.5, 0.6) is 11.5 Å². The molecule has 2 heterocycles. The van der Waals surface area contributed by atoms with Crippen LogP contribution in [0.4, 0.5) is 4.39 Å². The van der Waals surface area contributed by atoms with E-state index in [2.05, 4.69) is 0 Å². The average Bonchev–Trinajstić information content (AvgIpc) is 3.24. The summed E-state index contributed by atoms with van der Waals surface area (Å²) in [5.41, 5.74) is 4.54. The summed E-state index contributed by atoms with van der Waals surface area (Å²) in [6.07, 6.45) is 0. The van der Waals surface area contributed by atoms with Crippen molar-refractivity contribution in [2.75, 3.05) is 14.2 Å². The maximum atomic E-state index is 14.0. The molecule has 5 rings (SSSR count). The highest BCUT2D eigenvalue weighted by molar-refractivity contribution is 5.99. The van der Waals surface area contributed by atoms with E-state index in [9.17, 15) is 4.39 Å². The summed E-state index contributed by atoms with van der Waals surface area (Å²) in [5, 5.41) is 6.63. The van der Waals surface area contributed by atoms with Crippen LogP contribution in [0.3, 0.4) is 0 Å². The van der Waals surface area contributed by atoms with Crippen LogP contribution >= 0.6 is 0 Å². The van der Waals surface area contributed by atoms with E-state index in [-0.39, 0.29) is 5.82 Å². The van der Waals surface area contributed by atoms with Crippen molar-refractivity contribution in [3.8, 4) is 34.0 Å². The molecule has 0 atom stereocenters. The van der Waals surface area contributed by atoms with E-state index in [4.69, 9.17) is 14.6 Å². The van der Waals surface area contributed by atoms with Crippen LogP contribution < -0.4 is 9.47 Å². The number of halogens is 1. The van der Waals surface area contributed by atoms with Gasteiger partial charge in [-0.05, 0) is 78.2 Å². The standard InChI is InChI=1S/C25H19FN2O2/c1-29-20-9-4-16(5-10-20)23-15-25-22-14-19(26)8-3-18(22)13-24(28(25)27-23)17-6-11-21(30-2)12-7-17/h3-15H,1-2H3. The first-order valence-electron chi connectivity index (χ1n) is 9.57. The van der Waals surface area contributed by atoms with Gasteiger partial charge >= 0.3 is 0 Å². The minimum atomic E-state index is -0.270. The lowest BCUT2D eigenvalue weighted by atomic mass is 10.0. The molecule has 2 aromatic heterocycles. The Labute approximate surface area is 173 Å². The van der Waals surface area contributed by atoms with Gasteiger partial charge in [-0.2, -0.15) is 5.10 Å². The van der Waals surface area contributed by atoms with E-state index >= 15 is 0 Å². The van der Waals surface area contributed by atoms with Gasteiger partial charge in [0.05, 0.1) is 31.1 Å². The predicted octanol–water partition coefficient (Wildman–Crippen LogP) is 5.98. The lowest BCUT2D eigenvalue weighted by molar-refractivity contribution is 0.414. The maximum absolute atomic E-state index is 14.0. The molecule has 0 saturated heterocycles. The molecule has 0 spiro atoms. The van der Waals surface area contributed by atoms with Crippen LogP contribution in [-0.4, -0.2) is 23.8 Å². The number of benzene rings is 3. The molecule has 0 aliphatic heterocycles. The highest BCUT2D eigenvalue weighted by Crippen LogP contribution is 2.32. The fraction of sp³-hybridized carbons (Fsp3) is 0.0800. The van der Waals surface area contributed by atoms with Crippen molar-refractivity contribution in [1.29, 1.82) is 0 Å². The SMILES string of the molecule is COc1ccc(-c2cc3c4cc(F)ccc4cc(-c4ccc(OC)cc4)n3n2)cc1. The number of rotatable bonds is 4. The van der Waals surface area contributed by atoms with Crippen LogP contribution in [0.2, 0.25) is 0 Å². The normalized spacial score (nSPS) is 11.2.